The first-order chi connectivity index (χ1) is 17.4. The average molecular weight is 508 g/mol. The molecular weight excluding hydrogens is 476 g/mol. The van der Waals surface area contributed by atoms with Crippen molar-refractivity contribution in [2.75, 3.05) is 24.5 Å². The van der Waals surface area contributed by atoms with Crippen LogP contribution in [0.25, 0.3) is 11.1 Å². The lowest BCUT2D eigenvalue weighted by Gasteiger charge is -2.40. The van der Waals surface area contributed by atoms with E-state index < -0.39 is 23.3 Å². The SMILES string of the molecule is COc1ccc(-c2ccc(N(C(C(=O)O)C3CCN(Cc4ccc(C)cc4)CC3)S(=O)[O-])cc2)cc1. The molecule has 36 heavy (non-hydrogen) atoms. The van der Waals surface area contributed by atoms with Crippen LogP contribution < -0.4 is 9.04 Å². The van der Waals surface area contributed by atoms with Gasteiger partial charge in [0.1, 0.15) is 11.8 Å². The van der Waals surface area contributed by atoms with Gasteiger partial charge in [-0.15, -0.1) is 0 Å². The summed E-state index contributed by atoms with van der Waals surface area (Å²) in [5, 5.41) is 10.1. The van der Waals surface area contributed by atoms with Crippen molar-refractivity contribution >= 4 is 22.9 Å². The number of carboxylic acid groups (broad SMARTS) is 1. The topological polar surface area (TPSA) is 93.1 Å². The number of carbonyl (C=O) groups is 1. The van der Waals surface area contributed by atoms with E-state index in [1.165, 1.54) is 11.1 Å². The summed E-state index contributed by atoms with van der Waals surface area (Å²) in [6, 6.07) is 21.7. The number of hydrogen-bond acceptors (Lipinski definition) is 5. The van der Waals surface area contributed by atoms with Crippen molar-refractivity contribution < 1.29 is 23.4 Å². The molecule has 1 N–H and O–H groups in total. The molecule has 0 saturated carbocycles. The molecule has 3 aromatic rings. The molecule has 0 amide bonds. The molecule has 1 fully saturated rings. The van der Waals surface area contributed by atoms with Gasteiger partial charge < -0.3 is 14.4 Å². The molecule has 4 rings (SSSR count). The Labute approximate surface area is 214 Å². The lowest BCUT2D eigenvalue weighted by molar-refractivity contribution is -0.140. The average Bonchev–Trinajstić information content (AvgIpc) is 2.89. The van der Waals surface area contributed by atoms with Crippen molar-refractivity contribution in [3.05, 3.63) is 83.9 Å². The molecule has 1 aliphatic rings. The van der Waals surface area contributed by atoms with Crippen molar-refractivity contribution in [2.24, 2.45) is 5.92 Å². The summed E-state index contributed by atoms with van der Waals surface area (Å²) in [7, 11) is 1.61. The molecule has 0 spiro atoms. The van der Waals surface area contributed by atoms with Gasteiger partial charge in [-0.3, -0.25) is 13.4 Å². The second-order valence-corrected chi connectivity index (χ2v) is 10.0. The Hall–Kier alpha value is -3.20. The van der Waals surface area contributed by atoms with Gasteiger partial charge in [-0.25, -0.2) is 4.79 Å². The highest BCUT2D eigenvalue weighted by molar-refractivity contribution is 7.80. The molecule has 2 unspecified atom stereocenters. The highest BCUT2D eigenvalue weighted by atomic mass is 32.2. The Morgan fingerprint density at radius 2 is 1.58 bits per heavy atom. The first kappa shape index (κ1) is 25.9. The molecule has 0 aliphatic carbocycles. The van der Waals surface area contributed by atoms with Gasteiger partial charge in [0.05, 0.1) is 7.11 Å². The predicted molar refractivity (Wildman–Crippen MR) is 140 cm³/mol. The van der Waals surface area contributed by atoms with Crippen molar-refractivity contribution in [3.63, 3.8) is 0 Å². The maximum atomic E-state index is 12.3. The van der Waals surface area contributed by atoms with Crippen LogP contribution in [0.2, 0.25) is 0 Å². The third kappa shape index (κ3) is 6.13. The van der Waals surface area contributed by atoms with Gasteiger partial charge in [-0.2, -0.15) is 0 Å². The summed E-state index contributed by atoms with van der Waals surface area (Å²) in [6.45, 7) is 4.30. The van der Waals surface area contributed by atoms with Crippen LogP contribution in [0.1, 0.15) is 24.0 Å². The van der Waals surface area contributed by atoms with Crippen LogP contribution in [-0.4, -0.2) is 51.0 Å². The minimum atomic E-state index is -2.73. The third-order valence-electron chi connectivity index (χ3n) is 6.82. The Morgan fingerprint density at radius 3 is 2.08 bits per heavy atom. The number of rotatable bonds is 9. The highest BCUT2D eigenvalue weighted by Crippen LogP contribution is 2.31. The van der Waals surface area contributed by atoms with E-state index in [1.54, 1.807) is 31.4 Å². The summed E-state index contributed by atoms with van der Waals surface area (Å²) in [5.74, 6) is -0.663. The largest absolute Gasteiger partial charge is 0.755 e. The number of aliphatic carboxylic acids is 1. The fraction of sp³-hybridized carbons (Fsp3) is 0.321. The Morgan fingerprint density at radius 1 is 1.03 bits per heavy atom. The van der Waals surface area contributed by atoms with E-state index >= 15 is 0 Å². The Bertz CT molecular complexity index is 1170. The second-order valence-electron chi connectivity index (χ2n) is 9.20. The van der Waals surface area contributed by atoms with Crippen molar-refractivity contribution in [2.45, 2.75) is 32.4 Å². The summed E-state index contributed by atoms with van der Waals surface area (Å²) in [6.07, 6.45) is 1.22. The fourth-order valence-corrected chi connectivity index (χ4v) is 5.54. The van der Waals surface area contributed by atoms with E-state index in [0.29, 0.717) is 18.5 Å². The molecule has 1 heterocycles. The molecule has 0 aromatic heterocycles. The van der Waals surface area contributed by atoms with Crippen LogP contribution in [0.4, 0.5) is 5.69 Å². The zero-order chi connectivity index (χ0) is 25.7. The number of piperidine rings is 1. The maximum absolute atomic E-state index is 12.3. The first-order valence-electron chi connectivity index (χ1n) is 12.0. The van der Waals surface area contributed by atoms with Crippen LogP contribution in [0, 0.1) is 12.8 Å². The number of methoxy groups -OCH3 is 1. The fourth-order valence-electron chi connectivity index (χ4n) is 4.80. The van der Waals surface area contributed by atoms with E-state index in [1.807, 2.05) is 24.3 Å². The van der Waals surface area contributed by atoms with Crippen LogP contribution in [0.15, 0.2) is 72.8 Å². The lowest BCUT2D eigenvalue weighted by atomic mass is 9.88. The van der Waals surface area contributed by atoms with E-state index in [2.05, 4.69) is 36.1 Å². The van der Waals surface area contributed by atoms with Crippen molar-refractivity contribution in [1.82, 2.24) is 4.90 Å². The number of aryl methyl sites for hydroxylation is 1. The van der Waals surface area contributed by atoms with Crippen LogP contribution in [0.3, 0.4) is 0 Å². The molecule has 7 nitrogen and oxygen atoms in total. The monoisotopic (exact) mass is 507 g/mol. The standard InChI is InChI=1S/C28H32N2O5S/c1-20-3-5-21(6-4-20)19-29-17-15-24(16-18-29)27(28(31)32)30(36(33)34)25-11-7-22(8-12-25)23-9-13-26(35-2)14-10-23/h3-14,24,27H,15-19H2,1-2H3,(H,31,32)(H,33,34)/p-1. The van der Waals surface area contributed by atoms with Gasteiger partial charge in [0.15, 0.2) is 0 Å². The first-order valence-corrected chi connectivity index (χ1v) is 13.0. The van der Waals surface area contributed by atoms with Crippen molar-refractivity contribution in [1.29, 1.82) is 0 Å². The smallest absolute Gasteiger partial charge is 0.327 e. The van der Waals surface area contributed by atoms with Crippen LogP contribution >= 0.6 is 0 Å². The summed E-state index contributed by atoms with van der Waals surface area (Å²) in [4.78, 5) is 14.6. The predicted octanol–water partition coefficient (Wildman–Crippen LogP) is 4.64. The second kappa shape index (κ2) is 11.7. The molecule has 0 radical (unpaired) electrons. The van der Waals surface area contributed by atoms with Gasteiger partial charge in [0.2, 0.25) is 0 Å². The molecule has 3 aromatic carbocycles. The highest BCUT2D eigenvalue weighted by Gasteiger charge is 2.37. The third-order valence-corrected chi connectivity index (χ3v) is 7.58. The molecule has 8 heteroatoms. The number of anilines is 1. The van der Waals surface area contributed by atoms with Gasteiger partial charge >= 0.3 is 5.97 Å². The van der Waals surface area contributed by atoms with Gasteiger partial charge in [0.25, 0.3) is 0 Å². The van der Waals surface area contributed by atoms with E-state index in [9.17, 15) is 18.7 Å². The normalized spacial score (nSPS) is 16.3. The zero-order valence-electron chi connectivity index (χ0n) is 20.5. The van der Waals surface area contributed by atoms with Gasteiger partial charge in [-0.05, 0) is 79.7 Å². The Balaban J connectivity index is 1.47. The quantitative estimate of drug-likeness (QED) is 0.424. The van der Waals surface area contributed by atoms with Crippen molar-refractivity contribution in [3.8, 4) is 16.9 Å². The van der Waals surface area contributed by atoms with E-state index in [0.717, 1.165) is 40.8 Å². The van der Waals surface area contributed by atoms with E-state index in [-0.39, 0.29) is 5.92 Å². The number of likely N-dealkylation sites (tertiary alicyclic amines) is 1. The number of ether oxygens (including phenoxy) is 1. The minimum absolute atomic E-state index is 0.282. The summed E-state index contributed by atoms with van der Waals surface area (Å²) < 4.78 is 30.8. The molecular formula is C28H31N2O5S-. The molecule has 2 atom stereocenters. The Kier molecular flexibility index (Phi) is 8.40. The number of nitrogens with zero attached hydrogens (tertiary/aromatic N) is 2. The molecule has 0 bridgehead atoms. The summed E-state index contributed by atoms with van der Waals surface area (Å²) in [5.41, 5.74) is 4.62. The van der Waals surface area contributed by atoms with Gasteiger partial charge in [0, 0.05) is 23.5 Å². The summed E-state index contributed by atoms with van der Waals surface area (Å²) >= 11 is -2.73. The number of benzene rings is 3. The van der Waals surface area contributed by atoms with Crippen LogP contribution in [-0.2, 0) is 22.6 Å². The molecule has 190 valence electrons. The van der Waals surface area contributed by atoms with Crippen LogP contribution in [0.5, 0.6) is 5.75 Å². The van der Waals surface area contributed by atoms with E-state index in [4.69, 9.17) is 4.74 Å². The zero-order valence-corrected chi connectivity index (χ0v) is 21.3. The number of carboxylic acids is 1. The minimum Gasteiger partial charge on any atom is -0.755 e. The van der Waals surface area contributed by atoms with Gasteiger partial charge in [-0.1, -0.05) is 54.1 Å². The molecule has 1 aliphatic heterocycles. The number of hydrogen-bond donors (Lipinski definition) is 1. The lowest BCUT2D eigenvalue weighted by Crippen LogP contribution is -2.50. The molecule has 1 saturated heterocycles. The maximum Gasteiger partial charge on any atom is 0.327 e.